The average Bonchev–Trinajstić information content (AvgIpc) is 2.76. The first-order chi connectivity index (χ1) is 8.72. The molecule has 3 rings (SSSR count). The molecule has 2 atom stereocenters. The second-order valence-corrected chi connectivity index (χ2v) is 6.42. The van der Waals surface area contributed by atoms with E-state index in [0.29, 0.717) is 12.1 Å². The van der Waals surface area contributed by atoms with Crippen LogP contribution < -0.4 is 5.32 Å². The zero-order chi connectivity index (χ0) is 12.5. The molecule has 0 radical (unpaired) electrons. The van der Waals surface area contributed by atoms with Crippen LogP contribution in [0.3, 0.4) is 0 Å². The predicted molar refractivity (Wildman–Crippen MR) is 73.5 cm³/mol. The predicted octanol–water partition coefficient (Wildman–Crippen LogP) is 2.66. The van der Waals surface area contributed by atoms with Gasteiger partial charge in [-0.1, -0.05) is 0 Å². The Bertz CT molecular complexity index is 438. The molecule has 0 aromatic heterocycles. The molecule has 0 aliphatic carbocycles. The van der Waals surface area contributed by atoms with Crippen LogP contribution in [0.4, 0.5) is 4.39 Å². The minimum atomic E-state index is -0.119. The maximum atomic E-state index is 13.4. The van der Waals surface area contributed by atoms with E-state index in [9.17, 15) is 4.39 Å². The molecular weight excluding hydrogens is 247 g/mol. The van der Waals surface area contributed by atoms with E-state index in [2.05, 4.69) is 17.3 Å². The van der Waals surface area contributed by atoms with Crippen molar-refractivity contribution < 1.29 is 4.39 Å². The summed E-state index contributed by atoms with van der Waals surface area (Å²) < 4.78 is 13.4. The number of nitrogens with one attached hydrogen (secondary N) is 1. The Morgan fingerprint density at radius 2 is 2.28 bits per heavy atom. The number of hydrogen-bond acceptors (Lipinski definition) is 3. The molecule has 4 heteroatoms. The van der Waals surface area contributed by atoms with E-state index in [1.807, 2.05) is 17.8 Å². The van der Waals surface area contributed by atoms with Gasteiger partial charge in [0.2, 0.25) is 0 Å². The van der Waals surface area contributed by atoms with E-state index < -0.39 is 0 Å². The summed E-state index contributed by atoms with van der Waals surface area (Å²) in [5.74, 6) is 1.00. The summed E-state index contributed by atoms with van der Waals surface area (Å²) >= 11 is 1.84. The summed E-state index contributed by atoms with van der Waals surface area (Å²) in [6.07, 6.45) is 2.30. The van der Waals surface area contributed by atoms with Crippen LogP contribution in [0.15, 0.2) is 23.1 Å². The average molecular weight is 266 g/mol. The van der Waals surface area contributed by atoms with Gasteiger partial charge in [-0.15, -0.1) is 11.8 Å². The van der Waals surface area contributed by atoms with Gasteiger partial charge in [-0.05, 0) is 55.9 Å². The van der Waals surface area contributed by atoms with Crippen molar-refractivity contribution in [3.05, 3.63) is 29.6 Å². The smallest absolute Gasteiger partial charge is 0.123 e. The molecule has 1 fully saturated rings. The highest BCUT2D eigenvalue weighted by Crippen LogP contribution is 2.37. The molecule has 0 spiro atoms. The molecule has 2 heterocycles. The molecule has 2 aliphatic heterocycles. The zero-order valence-electron chi connectivity index (χ0n) is 10.7. The van der Waals surface area contributed by atoms with Gasteiger partial charge in [-0.25, -0.2) is 4.39 Å². The van der Waals surface area contributed by atoms with Crippen LogP contribution in [0.25, 0.3) is 0 Å². The van der Waals surface area contributed by atoms with Crippen LogP contribution in [0.1, 0.15) is 24.4 Å². The summed E-state index contributed by atoms with van der Waals surface area (Å²) in [5.41, 5.74) is 1.15. The lowest BCUT2D eigenvalue weighted by molar-refractivity contribution is 0.377. The fourth-order valence-electron chi connectivity index (χ4n) is 2.89. The lowest BCUT2D eigenvalue weighted by Crippen LogP contribution is -2.36. The third kappa shape index (κ3) is 2.56. The second kappa shape index (κ2) is 5.19. The third-order valence-corrected chi connectivity index (χ3v) is 4.96. The third-order valence-electron chi connectivity index (χ3n) is 3.84. The summed E-state index contributed by atoms with van der Waals surface area (Å²) in [7, 11) is 2.16. The van der Waals surface area contributed by atoms with Crippen molar-refractivity contribution in [2.24, 2.45) is 0 Å². The Morgan fingerprint density at radius 3 is 3.06 bits per heavy atom. The summed E-state index contributed by atoms with van der Waals surface area (Å²) in [6, 6.07) is 6.08. The summed E-state index contributed by atoms with van der Waals surface area (Å²) in [4.78, 5) is 3.59. The summed E-state index contributed by atoms with van der Waals surface area (Å²) in [5, 5.41) is 3.71. The molecule has 18 heavy (non-hydrogen) atoms. The number of hydrogen-bond donors (Lipinski definition) is 1. The van der Waals surface area contributed by atoms with E-state index in [1.165, 1.54) is 11.3 Å². The van der Waals surface area contributed by atoms with E-state index in [4.69, 9.17) is 0 Å². The van der Waals surface area contributed by atoms with Crippen LogP contribution in [0.5, 0.6) is 0 Å². The van der Waals surface area contributed by atoms with Crippen LogP contribution in [-0.4, -0.2) is 36.8 Å². The van der Waals surface area contributed by atoms with Gasteiger partial charge >= 0.3 is 0 Å². The SMILES string of the molecule is CN1CCC(NC2CCSc3ccc(F)cc32)C1. The molecule has 1 aromatic rings. The Balaban J connectivity index is 1.76. The van der Waals surface area contributed by atoms with Crippen molar-refractivity contribution in [1.29, 1.82) is 0 Å². The minimum absolute atomic E-state index is 0.119. The molecule has 0 saturated carbocycles. The Hall–Kier alpha value is -0.580. The van der Waals surface area contributed by atoms with Crippen molar-refractivity contribution in [2.75, 3.05) is 25.9 Å². The van der Waals surface area contributed by atoms with Gasteiger partial charge in [0, 0.05) is 23.5 Å². The van der Waals surface area contributed by atoms with Crippen molar-refractivity contribution in [1.82, 2.24) is 10.2 Å². The molecule has 98 valence electrons. The van der Waals surface area contributed by atoms with Crippen LogP contribution in [0, 0.1) is 5.82 Å². The van der Waals surface area contributed by atoms with Gasteiger partial charge in [0.1, 0.15) is 5.82 Å². The first-order valence-electron chi connectivity index (χ1n) is 6.59. The number of rotatable bonds is 2. The highest BCUT2D eigenvalue weighted by molar-refractivity contribution is 7.99. The number of halogens is 1. The number of likely N-dealkylation sites (N-methyl/N-ethyl adjacent to an activating group) is 1. The van der Waals surface area contributed by atoms with E-state index in [1.54, 1.807) is 12.1 Å². The van der Waals surface area contributed by atoms with Crippen molar-refractivity contribution in [3.8, 4) is 0 Å². The lowest BCUT2D eigenvalue weighted by Gasteiger charge is -2.28. The van der Waals surface area contributed by atoms with E-state index in [0.717, 1.165) is 30.8 Å². The molecular formula is C14H19FN2S. The zero-order valence-corrected chi connectivity index (χ0v) is 11.5. The standard InChI is InChI=1S/C14H19FN2S/c1-17-6-4-11(9-17)16-13-5-7-18-14-3-2-10(15)8-12(13)14/h2-3,8,11,13,16H,4-7,9H2,1H3. The highest BCUT2D eigenvalue weighted by atomic mass is 32.2. The normalized spacial score (nSPS) is 28.3. The number of nitrogens with zero attached hydrogens (tertiary/aromatic N) is 1. The summed E-state index contributed by atoms with van der Waals surface area (Å²) in [6.45, 7) is 2.27. The monoisotopic (exact) mass is 266 g/mol. The van der Waals surface area contributed by atoms with Gasteiger partial charge in [0.15, 0.2) is 0 Å². The fraction of sp³-hybridized carbons (Fsp3) is 0.571. The van der Waals surface area contributed by atoms with Crippen LogP contribution >= 0.6 is 11.8 Å². The minimum Gasteiger partial charge on any atom is -0.306 e. The molecule has 0 amide bonds. The molecule has 1 saturated heterocycles. The van der Waals surface area contributed by atoms with Crippen molar-refractivity contribution in [3.63, 3.8) is 0 Å². The Kier molecular flexibility index (Phi) is 3.59. The largest absolute Gasteiger partial charge is 0.306 e. The molecule has 2 unspecified atom stereocenters. The second-order valence-electron chi connectivity index (χ2n) is 5.29. The number of fused-ring (bicyclic) bond motifs is 1. The van der Waals surface area contributed by atoms with E-state index >= 15 is 0 Å². The van der Waals surface area contributed by atoms with Crippen molar-refractivity contribution in [2.45, 2.75) is 29.8 Å². The van der Waals surface area contributed by atoms with Crippen LogP contribution in [0.2, 0.25) is 0 Å². The number of benzene rings is 1. The quantitative estimate of drug-likeness (QED) is 0.886. The van der Waals surface area contributed by atoms with Gasteiger partial charge < -0.3 is 10.2 Å². The van der Waals surface area contributed by atoms with Crippen molar-refractivity contribution >= 4 is 11.8 Å². The van der Waals surface area contributed by atoms with Gasteiger partial charge in [-0.2, -0.15) is 0 Å². The molecule has 1 N–H and O–H groups in total. The molecule has 0 bridgehead atoms. The number of thioether (sulfide) groups is 1. The fourth-order valence-corrected chi connectivity index (χ4v) is 4.00. The number of likely N-dealkylation sites (tertiary alicyclic amines) is 1. The molecule has 2 aliphatic rings. The van der Waals surface area contributed by atoms with E-state index in [-0.39, 0.29) is 5.82 Å². The molecule has 1 aromatic carbocycles. The Labute approximate surface area is 112 Å². The lowest BCUT2D eigenvalue weighted by atomic mass is 10.0. The molecule has 2 nitrogen and oxygen atoms in total. The van der Waals surface area contributed by atoms with Gasteiger partial charge in [0.25, 0.3) is 0 Å². The first kappa shape index (κ1) is 12.5. The van der Waals surface area contributed by atoms with Gasteiger partial charge in [0.05, 0.1) is 0 Å². The van der Waals surface area contributed by atoms with Crippen LogP contribution in [-0.2, 0) is 0 Å². The topological polar surface area (TPSA) is 15.3 Å². The van der Waals surface area contributed by atoms with Gasteiger partial charge in [-0.3, -0.25) is 0 Å². The maximum absolute atomic E-state index is 13.4. The Morgan fingerprint density at radius 1 is 1.39 bits per heavy atom. The first-order valence-corrected chi connectivity index (χ1v) is 7.58. The highest BCUT2D eigenvalue weighted by Gasteiger charge is 2.26. The maximum Gasteiger partial charge on any atom is 0.123 e.